The first-order valence-corrected chi connectivity index (χ1v) is 6.15. The van der Waals surface area contributed by atoms with Crippen LogP contribution in [0.5, 0.6) is 0 Å². The lowest BCUT2D eigenvalue weighted by molar-refractivity contribution is 0.867. The van der Waals surface area contributed by atoms with Crippen molar-refractivity contribution < 1.29 is 0 Å². The van der Waals surface area contributed by atoms with Crippen LogP contribution in [0.15, 0.2) is 60.3 Å². The van der Waals surface area contributed by atoms with Crippen LogP contribution >= 0.6 is 0 Å². The summed E-state index contributed by atoms with van der Waals surface area (Å²) in [5, 5.41) is 0. The largest absolute Gasteiger partial charge is 0.0991 e. The number of allylic oxidation sites excluding steroid dienone is 8. The zero-order valence-electron chi connectivity index (χ0n) is 10.9. The van der Waals surface area contributed by atoms with Crippen LogP contribution in [0.3, 0.4) is 0 Å². The summed E-state index contributed by atoms with van der Waals surface area (Å²) in [6.45, 7) is 13.9. The normalized spacial score (nSPS) is 14.7. The van der Waals surface area contributed by atoms with E-state index in [4.69, 9.17) is 0 Å². The molecule has 16 heavy (non-hydrogen) atoms. The van der Waals surface area contributed by atoms with E-state index in [1.165, 1.54) is 24.0 Å². The summed E-state index contributed by atoms with van der Waals surface area (Å²) in [6.07, 6.45) is 13.6. The van der Waals surface area contributed by atoms with Gasteiger partial charge in [-0.25, -0.2) is 0 Å². The fourth-order valence-corrected chi connectivity index (χ4v) is 1.53. The Balaban J connectivity index is 0.00000106. The van der Waals surface area contributed by atoms with E-state index in [0.717, 1.165) is 12.0 Å². The average molecular weight is 216 g/mol. The van der Waals surface area contributed by atoms with Crippen LogP contribution in [-0.2, 0) is 0 Å². The first-order valence-electron chi connectivity index (χ1n) is 6.15. The standard InChI is InChI=1S/C14H18.C2H6/c1-4-6-7-12(3)14-10-8-13(5-2)9-11-14;1-2/h4,6-8,10H,1,3,5,9,11H2,2H3;1-2H3/b7-6-;. The molecule has 0 spiro atoms. The molecule has 1 aliphatic carbocycles. The molecule has 0 amide bonds. The smallest absolute Gasteiger partial charge is 0.0236 e. The summed E-state index contributed by atoms with van der Waals surface area (Å²) in [5.41, 5.74) is 3.99. The molecular formula is C16H24. The minimum absolute atomic E-state index is 1.11. The van der Waals surface area contributed by atoms with Crippen LogP contribution in [0.4, 0.5) is 0 Å². The van der Waals surface area contributed by atoms with E-state index in [2.05, 4.69) is 32.2 Å². The topological polar surface area (TPSA) is 0 Å². The Bertz CT molecular complexity index is 311. The Labute approximate surface area is 101 Å². The third kappa shape index (κ3) is 4.97. The molecule has 0 heterocycles. The molecule has 0 unspecified atom stereocenters. The van der Waals surface area contributed by atoms with E-state index in [1.807, 2.05) is 26.0 Å². The summed E-state index contributed by atoms with van der Waals surface area (Å²) in [7, 11) is 0. The molecule has 0 aromatic heterocycles. The lowest BCUT2D eigenvalue weighted by atomic mass is 9.92. The molecule has 0 radical (unpaired) electrons. The molecule has 88 valence electrons. The molecule has 0 aromatic carbocycles. The van der Waals surface area contributed by atoms with Gasteiger partial charge in [-0.15, -0.1) is 0 Å². The third-order valence-electron chi connectivity index (χ3n) is 2.54. The summed E-state index contributed by atoms with van der Waals surface area (Å²) in [6, 6.07) is 0. The highest BCUT2D eigenvalue weighted by molar-refractivity contribution is 5.42. The number of hydrogen-bond donors (Lipinski definition) is 0. The minimum Gasteiger partial charge on any atom is -0.0991 e. The maximum atomic E-state index is 4.03. The van der Waals surface area contributed by atoms with Gasteiger partial charge in [0.25, 0.3) is 0 Å². The van der Waals surface area contributed by atoms with Gasteiger partial charge in [0.2, 0.25) is 0 Å². The van der Waals surface area contributed by atoms with Crippen molar-refractivity contribution in [2.24, 2.45) is 0 Å². The van der Waals surface area contributed by atoms with E-state index in [-0.39, 0.29) is 0 Å². The molecule has 0 heteroatoms. The van der Waals surface area contributed by atoms with Crippen molar-refractivity contribution in [2.45, 2.75) is 40.0 Å². The monoisotopic (exact) mass is 216 g/mol. The fourth-order valence-electron chi connectivity index (χ4n) is 1.53. The fraction of sp³-hybridized carbons (Fsp3) is 0.375. The number of hydrogen-bond acceptors (Lipinski definition) is 0. The Hall–Kier alpha value is -1.30. The van der Waals surface area contributed by atoms with Crippen LogP contribution in [-0.4, -0.2) is 0 Å². The van der Waals surface area contributed by atoms with Gasteiger partial charge in [0.15, 0.2) is 0 Å². The molecule has 0 aliphatic heterocycles. The van der Waals surface area contributed by atoms with Crippen LogP contribution < -0.4 is 0 Å². The van der Waals surface area contributed by atoms with Gasteiger partial charge >= 0.3 is 0 Å². The second-order valence-electron chi connectivity index (χ2n) is 3.49. The van der Waals surface area contributed by atoms with E-state index in [1.54, 1.807) is 6.08 Å². The van der Waals surface area contributed by atoms with Gasteiger partial charge in [0.05, 0.1) is 0 Å². The molecule has 0 N–H and O–H groups in total. The van der Waals surface area contributed by atoms with Crippen LogP contribution in [0, 0.1) is 0 Å². The van der Waals surface area contributed by atoms with Gasteiger partial charge < -0.3 is 0 Å². The summed E-state index contributed by atoms with van der Waals surface area (Å²) < 4.78 is 0. The van der Waals surface area contributed by atoms with Crippen molar-refractivity contribution in [2.75, 3.05) is 0 Å². The Morgan fingerprint density at radius 1 is 1.31 bits per heavy atom. The van der Waals surface area contributed by atoms with Crippen molar-refractivity contribution >= 4 is 0 Å². The van der Waals surface area contributed by atoms with Crippen LogP contribution in [0.1, 0.15) is 40.0 Å². The van der Waals surface area contributed by atoms with Crippen molar-refractivity contribution in [3.05, 3.63) is 60.3 Å². The number of rotatable bonds is 4. The van der Waals surface area contributed by atoms with E-state index >= 15 is 0 Å². The molecule has 0 saturated carbocycles. The molecule has 0 atom stereocenters. The van der Waals surface area contributed by atoms with Crippen LogP contribution in [0.2, 0.25) is 0 Å². The predicted molar refractivity (Wildman–Crippen MR) is 75.5 cm³/mol. The van der Waals surface area contributed by atoms with Crippen molar-refractivity contribution in [1.82, 2.24) is 0 Å². The highest BCUT2D eigenvalue weighted by Crippen LogP contribution is 2.25. The molecule has 0 bridgehead atoms. The van der Waals surface area contributed by atoms with Crippen LogP contribution in [0.25, 0.3) is 0 Å². The molecular weight excluding hydrogens is 192 g/mol. The molecule has 0 fully saturated rings. The van der Waals surface area contributed by atoms with Gasteiger partial charge in [-0.2, -0.15) is 0 Å². The highest BCUT2D eigenvalue weighted by atomic mass is 14.1. The van der Waals surface area contributed by atoms with E-state index in [0.29, 0.717) is 0 Å². The predicted octanol–water partition coefficient (Wildman–Crippen LogP) is 5.37. The molecule has 0 saturated heterocycles. The Morgan fingerprint density at radius 3 is 2.44 bits per heavy atom. The van der Waals surface area contributed by atoms with Gasteiger partial charge in [-0.1, -0.05) is 69.9 Å². The SMILES string of the molecule is C=C/C=C\C(=C)C1=CC=C(CC)CC1.CC. The summed E-state index contributed by atoms with van der Waals surface area (Å²) in [5.74, 6) is 0. The lowest BCUT2D eigenvalue weighted by Crippen LogP contribution is -1.93. The molecule has 1 aliphatic rings. The Kier molecular flexibility index (Phi) is 8.24. The van der Waals surface area contributed by atoms with Crippen molar-refractivity contribution in [3.63, 3.8) is 0 Å². The highest BCUT2D eigenvalue weighted by Gasteiger charge is 2.05. The van der Waals surface area contributed by atoms with E-state index in [9.17, 15) is 0 Å². The maximum Gasteiger partial charge on any atom is -0.0236 e. The van der Waals surface area contributed by atoms with E-state index < -0.39 is 0 Å². The van der Waals surface area contributed by atoms with Crippen molar-refractivity contribution in [3.8, 4) is 0 Å². The van der Waals surface area contributed by atoms with Crippen molar-refractivity contribution in [1.29, 1.82) is 0 Å². The Morgan fingerprint density at radius 2 is 2.00 bits per heavy atom. The second-order valence-corrected chi connectivity index (χ2v) is 3.49. The summed E-state index contributed by atoms with van der Waals surface area (Å²) >= 11 is 0. The van der Waals surface area contributed by atoms with Gasteiger partial charge in [-0.3, -0.25) is 0 Å². The molecule has 0 aromatic rings. The van der Waals surface area contributed by atoms with Gasteiger partial charge in [0.1, 0.15) is 0 Å². The first-order chi connectivity index (χ1) is 7.77. The average Bonchev–Trinajstić information content (AvgIpc) is 2.38. The lowest BCUT2D eigenvalue weighted by Gasteiger charge is -2.13. The molecule has 1 rings (SSSR count). The molecule has 0 nitrogen and oxygen atoms in total. The second kappa shape index (κ2) is 8.96. The first kappa shape index (κ1) is 14.7. The summed E-state index contributed by atoms with van der Waals surface area (Å²) in [4.78, 5) is 0. The zero-order valence-corrected chi connectivity index (χ0v) is 10.9. The van der Waals surface area contributed by atoms with Gasteiger partial charge in [-0.05, 0) is 30.4 Å². The maximum absolute atomic E-state index is 4.03. The zero-order chi connectivity index (χ0) is 12.4. The third-order valence-corrected chi connectivity index (χ3v) is 2.54. The van der Waals surface area contributed by atoms with Gasteiger partial charge in [0, 0.05) is 0 Å². The quantitative estimate of drug-likeness (QED) is 0.554. The minimum atomic E-state index is 1.11.